The summed E-state index contributed by atoms with van der Waals surface area (Å²) in [7, 11) is 1.69. The van der Waals surface area contributed by atoms with Crippen LogP contribution < -0.4 is 10.6 Å². The van der Waals surface area contributed by atoms with Crippen LogP contribution in [0, 0.1) is 13.8 Å². The molecule has 2 fully saturated rings. The zero-order valence-corrected chi connectivity index (χ0v) is 30.1. The fourth-order valence-corrected chi connectivity index (χ4v) is 8.41. The van der Waals surface area contributed by atoms with Crippen molar-refractivity contribution in [2.75, 3.05) is 58.2 Å². The number of alkyl halides is 3. The Morgan fingerprint density at radius 1 is 1.02 bits per heavy atom. The highest BCUT2D eigenvalue weighted by Crippen LogP contribution is 2.34. The Morgan fingerprint density at radius 2 is 1.76 bits per heavy atom. The maximum absolute atomic E-state index is 13.1. The van der Waals surface area contributed by atoms with Gasteiger partial charge in [-0.05, 0) is 62.9 Å². The van der Waals surface area contributed by atoms with E-state index in [9.17, 15) is 18.0 Å². The predicted molar refractivity (Wildman–Crippen MR) is 191 cm³/mol. The maximum atomic E-state index is 13.1. The van der Waals surface area contributed by atoms with Gasteiger partial charge in [0.25, 0.3) is 0 Å². The molecule has 0 aliphatic carbocycles. The minimum Gasteiger partial charge on any atom is -0.367 e. The van der Waals surface area contributed by atoms with Crippen molar-refractivity contribution in [3.63, 3.8) is 0 Å². The molecule has 1 amide bonds. The second-order valence-corrected chi connectivity index (χ2v) is 14.9. The first kappa shape index (κ1) is 35.6. The van der Waals surface area contributed by atoms with Crippen LogP contribution >= 0.6 is 11.3 Å². The lowest BCUT2D eigenvalue weighted by Crippen LogP contribution is -2.52. The molecule has 6 rings (SSSR count). The number of benzene rings is 1. The molecule has 2 N–H and O–H groups in total. The Bertz CT molecular complexity index is 1770. The van der Waals surface area contributed by atoms with Crippen molar-refractivity contribution >= 4 is 44.2 Å². The SMILES string of the molecule is CCc1nc(NC2CCN(Cc3ccc4c(cc(C)n4C[C@H](C)N4CCN(CC(=O)NC)CC4)c3C)CC2)c2cc(CC(F)(F)F)sc2n1. The summed E-state index contributed by atoms with van der Waals surface area (Å²) >= 11 is 1.11. The van der Waals surface area contributed by atoms with Crippen molar-refractivity contribution in [1.29, 1.82) is 0 Å². The number of fused-ring (bicyclic) bond motifs is 2. The van der Waals surface area contributed by atoms with Gasteiger partial charge < -0.3 is 15.2 Å². The monoisotopic (exact) mass is 698 g/mol. The molecule has 49 heavy (non-hydrogen) atoms. The number of thiophene rings is 1. The molecule has 2 saturated heterocycles. The van der Waals surface area contributed by atoms with Gasteiger partial charge in [0.2, 0.25) is 5.91 Å². The fraction of sp³-hybridized carbons (Fsp3) is 0.583. The van der Waals surface area contributed by atoms with Crippen LogP contribution in [0.2, 0.25) is 0 Å². The number of carbonyl (C=O) groups is 1. The number of hydrogen-bond acceptors (Lipinski definition) is 8. The van der Waals surface area contributed by atoms with Gasteiger partial charge >= 0.3 is 6.18 Å². The molecule has 13 heteroatoms. The van der Waals surface area contributed by atoms with E-state index in [1.165, 1.54) is 27.7 Å². The van der Waals surface area contributed by atoms with Crippen molar-refractivity contribution in [3.05, 3.63) is 51.8 Å². The first-order valence-corrected chi connectivity index (χ1v) is 18.3. The smallest absolute Gasteiger partial charge is 0.367 e. The summed E-state index contributed by atoms with van der Waals surface area (Å²) in [4.78, 5) is 29.1. The fourth-order valence-electron chi connectivity index (χ4n) is 7.33. The van der Waals surface area contributed by atoms with Crippen LogP contribution in [-0.2, 0) is 30.7 Å². The first-order chi connectivity index (χ1) is 23.4. The van der Waals surface area contributed by atoms with E-state index < -0.39 is 12.6 Å². The molecule has 1 aromatic carbocycles. The molecule has 5 heterocycles. The molecule has 0 bridgehead atoms. The van der Waals surface area contributed by atoms with Crippen molar-refractivity contribution in [3.8, 4) is 0 Å². The number of likely N-dealkylation sites (tertiary alicyclic amines) is 1. The van der Waals surface area contributed by atoms with Crippen molar-refractivity contribution in [2.24, 2.45) is 0 Å². The van der Waals surface area contributed by atoms with E-state index in [1.54, 1.807) is 13.1 Å². The highest BCUT2D eigenvalue weighted by Gasteiger charge is 2.30. The van der Waals surface area contributed by atoms with E-state index in [0.717, 1.165) is 76.5 Å². The molecule has 1 atom stereocenters. The number of carbonyl (C=O) groups excluding carboxylic acids is 1. The Hall–Kier alpha value is -3.26. The third-order valence-corrected chi connectivity index (χ3v) is 11.3. The Labute approximate surface area is 290 Å². The number of anilines is 1. The number of hydrogen-bond donors (Lipinski definition) is 2. The van der Waals surface area contributed by atoms with Crippen LogP contribution in [0.25, 0.3) is 21.1 Å². The van der Waals surface area contributed by atoms with Crippen LogP contribution in [0.15, 0.2) is 24.3 Å². The van der Waals surface area contributed by atoms with Gasteiger partial charge in [0.15, 0.2) is 0 Å². The van der Waals surface area contributed by atoms with Gasteiger partial charge in [-0.25, -0.2) is 9.97 Å². The Kier molecular flexibility index (Phi) is 10.8. The number of piperazine rings is 1. The largest absolute Gasteiger partial charge is 0.393 e. The standard InChI is InChI=1S/C36H49F3N8OS/c1-6-32-42-34(30-18-28(19-36(37,38)39)49-35(30)43-32)41-27-9-11-44(12-10-27)21-26-7-8-31-29(25(26)4)17-23(2)47(31)20-24(3)46-15-13-45(14-16-46)22-33(48)40-5/h7-8,17-18,24,27H,6,9-16,19-22H2,1-5H3,(H,40,48)(H,41,42,43)/t24-/m0/s1. The number of nitrogens with one attached hydrogen (secondary N) is 2. The highest BCUT2D eigenvalue weighted by atomic mass is 32.1. The molecule has 0 spiro atoms. The molecule has 4 aromatic rings. The summed E-state index contributed by atoms with van der Waals surface area (Å²) in [5, 5.41) is 8.30. The molecule has 9 nitrogen and oxygen atoms in total. The lowest BCUT2D eigenvalue weighted by molar-refractivity contribution is -0.126. The van der Waals surface area contributed by atoms with Gasteiger partial charge in [0.1, 0.15) is 16.5 Å². The van der Waals surface area contributed by atoms with E-state index in [1.807, 2.05) is 6.92 Å². The minimum atomic E-state index is -4.25. The van der Waals surface area contributed by atoms with E-state index in [2.05, 4.69) is 78.8 Å². The van der Waals surface area contributed by atoms with Gasteiger partial charge in [0.05, 0.1) is 18.4 Å². The van der Waals surface area contributed by atoms with Crippen LogP contribution in [-0.4, -0.2) is 106 Å². The molecular weight excluding hydrogens is 650 g/mol. The average Bonchev–Trinajstić information content (AvgIpc) is 3.62. The topological polar surface area (TPSA) is 81.6 Å². The highest BCUT2D eigenvalue weighted by molar-refractivity contribution is 7.18. The molecular formula is C36H49F3N8OS. The Balaban J connectivity index is 1.06. The van der Waals surface area contributed by atoms with Gasteiger partial charge in [-0.3, -0.25) is 19.5 Å². The van der Waals surface area contributed by atoms with E-state index in [-0.39, 0.29) is 16.8 Å². The summed E-state index contributed by atoms with van der Waals surface area (Å²) in [6.45, 7) is 16.6. The summed E-state index contributed by atoms with van der Waals surface area (Å²) in [6, 6.07) is 9.10. The van der Waals surface area contributed by atoms with Crippen LogP contribution in [0.4, 0.5) is 19.0 Å². The number of aryl methyl sites for hydroxylation is 3. The summed E-state index contributed by atoms with van der Waals surface area (Å²) in [5.41, 5.74) is 5.23. The lowest BCUT2D eigenvalue weighted by atomic mass is 10.0. The van der Waals surface area contributed by atoms with Crippen molar-refractivity contribution in [1.82, 2.24) is 34.6 Å². The normalized spacial score (nSPS) is 18.0. The van der Waals surface area contributed by atoms with Gasteiger partial charge in [-0.15, -0.1) is 11.3 Å². The van der Waals surface area contributed by atoms with Crippen LogP contribution in [0.5, 0.6) is 0 Å². The molecule has 2 aliphatic rings. The molecule has 266 valence electrons. The van der Waals surface area contributed by atoms with Crippen LogP contribution in [0.1, 0.15) is 54.2 Å². The molecule has 0 saturated carbocycles. The number of rotatable bonds is 11. The maximum Gasteiger partial charge on any atom is 0.393 e. The van der Waals surface area contributed by atoms with E-state index in [4.69, 9.17) is 0 Å². The van der Waals surface area contributed by atoms with Crippen LogP contribution in [0.3, 0.4) is 0 Å². The first-order valence-electron chi connectivity index (χ1n) is 17.5. The zero-order chi connectivity index (χ0) is 34.9. The van der Waals surface area contributed by atoms with Crippen molar-refractivity contribution < 1.29 is 18.0 Å². The predicted octanol–water partition coefficient (Wildman–Crippen LogP) is 5.76. The number of aromatic nitrogens is 3. The summed E-state index contributed by atoms with van der Waals surface area (Å²) in [5.74, 6) is 1.38. The molecule has 0 radical (unpaired) electrons. The molecule has 0 unspecified atom stereocenters. The third kappa shape index (κ3) is 8.38. The van der Waals surface area contributed by atoms with Crippen molar-refractivity contribution in [2.45, 2.75) is 84.7 Å². The second-order valence-electron chi connectivity index (χ2n) is 13.8. The summed E-state index contributed by atoms with van der Waals surface area (Å²) < 4.78 is 41.7. The third-order valence-electron chi connectivity index (χ3n) is 10.3. The van der Waals surface area contributed by atoms with Gasteiger partial charge in [-0.1, -0.05) is 13.0 Å². The zero-order valence-electron chi connectivity index (χ0n) is 29.3. The minimum absolute atomic E-state index is 0.0716. The van der Waals surface area contributed by atoms with Gasteiger partial charge in [-0.2, -0.15) is 13.2 Å². The number of halogens is 3. The summed E-state index contributed by atoms with van der Waals surface area (Å²) in [6.07, 6.45) is -2.70. The van der Waals surface area contributed by atoms with Gasteiger partial charge in [0, 0.05) is 99.4 Å². The second kappa shape index (κ2) is 14.9. The number of likely N-dealkylation sites (N-methyl/N-ethyl adjacent to an activating group) is 1. The van der Waals surface area contributed by atoms with E-state index in [0.29, 0.717) is 40.9 Å². The quantitative estimate of drug-likeness (QED) is 0.206. The molecule has 2 aliphatic heterocycles. The number of amides is 1. The number of nitrogens with zero attached hydrogens (tertiary/aromatic N) is 6. The molecule has 3 aromatic heterocycles. The Morgan fingerprint density at radius 3 is 2.43 bits per heavy atom. The average molecular weight is 699 g/mol. The number of piperidine rings is 1. The van der Waals surface area contributed by atoms with E-state index >= 15 is 0 Å². The lowest BCUT2D eigenvalue weighted by Gasteiger charge is -2.38.